The molecule has 0 saturated heterocycles. The fourth-order valence-electron chi connectivity index (χ4n) is 1.09. The van der Waals surface area contributed by atoms with Crippen LogP contribution in [0.25, 0.3) is 6.08 Å². The third kappa shape index (κ3) is 3.40. The molecule has 0 fully saturated rings. The number of benzene rings is 1. The average Bonchev–Trinajstić information content (AvgIpc) is 2.20. The van der Waals surface area contributed by atoms with Crippen LogP contribution in [0, 0.1) is 5.82 Å². The van der Waals surface area contributed by atoms with Crippen molar-refractivity contribution in [3.63, 3.8) is 0 Å². The predicted octanol–water partition coefficient (Wildman–Crippen LogP) is 2.86. The lowest BCUT2D eigenvalue weighted by Gasteiger charge is -1.99. The van der Waals surface area contributed by atoms with Crippen LogP contribution >= 0.6 is 12.6 Å². The van der Waals surface area contributed by atoms with E-state index in [1.54, 1.807) is 12.2 Å². The summed E-state index contributed by atoms with van der Waals surface area (Å²) >= 11 is 4.01. The Bertz CT molecular complexity index is 388. The molecule has 15 heavy (non-hydrogen) atoms. The summed E-state index contributed by atoms with van der Waals surface area (Å²) in [4.78, 5) is 10.6. The highest BCUT2D eigenvalue weighted by Crippen LogP contribution is 2.12. The van der Waals surface area contributed by atoms with Crippen LogP contribution in [0.2, 0.25) is 0 Å². The first-order valence-electron chi connectivity index (χ1n) is 4.45. The molecule has 80 valence electrons. The van der Waals surface area contributed by atoms with Crippen LogP contribution in [0.4, 0.5) is 4.39 Å². The number of carboxylic acid groups (broad SMARTS) is 1. The number of hydrogen-bond donors (Lipinski definition) is 2. The van der Waals surface area contributed by atoms with Gasteiger partial charge in [0.25, 0.3) is 0 Å². The van der Waals surface area contributed by atoms with Crippen molar-refractivity contribution in [3.8, 4) is 0 Å². The number of halogens is 1. The first-order valence-corrected chi connectivity index (χ1v) is 5.08. The molecule has 0 aliphatic carbocycles. The van der Waals surface area contributed by atoms with E-state index in [9.17, 15) is 9.18 Å². The maximum Gasteiger partial charge on any atom is 0.335 e. The third-order valence-corrected chi connectivity index (χ3v) is 2.09. The van der Waals surface area contributed by atoms with Crippen LogP contribution in [0.15, 0.2) is 24.3 Å². The highest BCUT2D eigenvalue weighted by atomic mass is 32.1. The Morgan fingerprint density at radius 2 is 2.27 bits per heavy atom. The lowest BCUT2D eigenvalue weighted by atomic mass is 10.1. The van der Waals surface area contributed by atoms with Gasteiger partial charge in [-0.15, -0.1) is 0 Å². The fourth-order valence-corrected chi connectivity index (χ4v) is 1.24. The summed E-state index contributed by atoms with van der Waals surface area (Å²) in [7, 11) is 0. The molecular weight excluding hydrogens is 215 g/mol. The second kappa shape index (κ2) is 5.56. The van der Waals surface area contributed by atoms with Gasteiger partial charge in [-0.2, -0.15) is 12.6 Å². The molecule has 1 aromatic rings. The Morgan fingerprint density at radius 1 is 1.53 bits per heavy atom. The van der Waals surface area contributed by atoms with Crippen molar-refractivity contribution < 1.29 is 14.3 Å². The summed E-state index contributed by atoms with van der Waals surface area (Å²) in [5.41, 5.74) is 0.374. The van der Waals surface area contributed by atoms with E-state index in [4.69, 9.17) is 5.11 Å². The minimum atomic E-state index is -1.06. The van der Waals surface area contributed by atoms with Crippen LogP contribution in [0.3, 0.4) is 0 Å². The molecule has 0 radical (unpaired) electrons. The zero-order valence-corrected chi connectivity index (χ0v) is 8.88. The van der Waals surface area contributed by atoms with Gasteiger partial charge in [0.05, 0.1) is 5.56 Å². The summed E-state index contributed by atoms with van der Waals surface area (Å²) in [6.07, 6.45) is 4.05. The molecule has 0 unspecified atom stereocenters. The number of carbonyl (C=O) groups is 1. The highest BCUT2D eigenvalue weighted by molar-refractivity contribution is 7.80. The minimum absolute atomic E-state index is 0.0851. The Labute approximate surface area is 92.8 Å². The normalized spacial score (nSPS) is 10.8. The molecule has 0 spiro atoms. The largest absolute Gasteiger partial charge is 0.478 e. The molecule has 0 amide bonds. The summed E-state index contributed by atoms with van der Waals surface area (Å²) in [5, 5.41) is 8.71. The van der Waals surface area contributed by atoms with Crippen molar-refractivity contribution >= 4 is 24.7 Å². The predicted molar refractivity (Wildman–Crippen MR) is 60.9 cm³/mol. The van der Waals surface area contributed by atoms with Crippen molar-refractivity contribution in [1.29, 1.82) is 0 Å². The monoisotopic (exact) mass is 226 g/mol. The zero-order chi connectivity index (χ0) is 11.3. The second-order valence-electron chi connectivity index (χ2n) is 2.96. The van der Waals surface area contributed by atoms with E-state index >= 15 is 0 Å². The maximum absolute atomic E-state index is 13.2. The second-order valence-corrected chi connectivity index (χ2v) is 3.40. The SMILES string of the molecule is O=C(O)c1ccc(F)c(C=CCCS)c1. The van der Waals surface area contributed by atoms with E-state index in [0.29, 0.717) is 5.75 Å². The average molecular weight is 226 g/mol. The standard InChI is InChI=1S/C11H11FO2S/c12-10-5-4-9(11(13)14)7-8(10)3-1-2-6-15/h1,3-5,7,15H,2,6H2,(H,13,14). The van der Waals surface area contributed by atoms with Crippen LogP contribution in [-0.2, 0) is 0 Å². The molecule has 0 aromatic heterocycles. The number of aromatic carboxylic acids is 1. The molecule has 2 nitrogen and oxygen atoms in total. The number of rotatable bonds is 4. The Kier molecular flexibility index (Phi) is 4.37. The van der Waals surface area contributed by atoms with E-state index in [1.807, 2.05) is 0 Å². The van der Waals surface area contributed by atoms with Gasteiger partial charge in [0.15, 0.2) is 0 Å². The van der Waals surface area contributed by atoms with Crippen molar-refractivity contribution in [1.82, 2.24) is 0 Å². The van der Waals surface area contributed by atoms with Crippen molar-refractivity contribution in [2.45, 2.75) is 6.42 Å². The van der Waals surface area contributed by atoms with Gasteiger partial charge in [-0.05, 0) is 30.4 Å². The summed E-state index contributed by atoms with van der Waals surface area (Å²) in [5.74, 6) is -0.800. The van der Waals surface area contributed by atoms with E-state index in [1.165, 1.54) is 12.1 Å². The number of allylic oxidation sites excluding steroid dienone is 1. The Morgan fingerprint density at radius 3 is 2.87 bits per heavy atom. The van der Waals surface area contributed by atoms with Gasteiger partial charge in [-0.1, -0.05) is 12.2 Å². The molecule has 0 heterocycles. The lowest BCUT2D eigenvalue weighted by molar-refractivity contribution is 0.0697. The number of thiol groups is 1. The highest BCUT2D eigenvalue weighted by Gasteiger charge is 2.05. The summed E-state index contributed by atoms with van der Waals surface area (Å²) in [6, 6.07) is 3.71. The fraction of sp³-hybridized carbons (Fsp3) is 0.182. The van der Waals surface area contributed by atoms with Gasteiger partial charge in [0, 0.05) is 5.56 Å². The summed E-state index contributed by atoms with van der Waals surface area (Å²) < 4.78 is 13.2. The lowest BCUT2D eigenvalue weighted by Crippen LogP contribution is -1.97. The van der Waals surface area contributed by atoms with Gasteiger partial charge in [0.1, 0.15) is 5.82 Å². The van der Waals surface area contributed by atoms with Crippen LogP contribution in [0.5, 0.6) is 0 Å². The van der Waals surface area contributed by atoms with Gasteiger partial charge >= 0.3 is 5.97 Å². The Hall–Kier alpha value is -1.29. The quantitative estimate of drug-likeness (QED) is 0.775. The molecule has 0 bridgehead atoms. The van der Waals surface area contributed by atoms with Crippen molar-refractivity contribution in [2.75, 3.05) is 5.75 Å². The van der Waals surface area contributed by atoms with E-state index in [2.05, 4.69) is 12.6 Å². The summed E-state index contributed by atoms with van der Waals surface area (Å²) in [6.45, 7) is 0. The van der Waals surface area contributed by atoms with Gasteiger partial charge in [-0.3, -0.25) is 0 Å². The molecule has 0 atom stereocenters. The van der Waals surface area contributed by atoms with Gasteiger partial charge < -0.3 is 5.11 Å². The number of carboxylic acids is 1. The topological polar surface area (TPSA) is 37.3 Å². The van der Waals surface area contributed by atoms with Gasteiger partial charge in [-0.25, -0.2) is 9.18 Å². The molecule has 4 heteroatoms. The van der Waals surface area contributed by atoms with Gasteiger partial charge in [0.2, 0.25) is 0 Å². The first-order chi connectivity index (χ1) is 7.15. The van der Waals surface area contributed by atoms with Crippen molar-refractivity contribution in [2.24, 2.45) is 0 Å². The molecule has 1 N–H and O–H groups in total. The smallest absolute Gasteiger partial charge is 0.335 e. The zero-order valence-electron chi connectivity index (χ0n) is 7.98. The first kappa shape index (κ1) is 11.8. The maximum atomic E-state index is 13.2. The molecular formula is C11H11FO2S. The minimum Gasteiger partial charge on any atom is -0.478 e. The van der Waals surface area contributed by atoms with E-state index < -0.39 is 11.8 Å². The molecule has 0 saturated carbocycles. The number of hydrogen-bond acceptors (Lipinski definition) is 2. The van der Waals surface area contributed by atoms with E-state index in [-0.39, 0.29) is 11.1 Å². The van der Waals surface area contributed by atoms with Crippen LogP contribution in [0.1, 0.15) is 22.3 Å². The molecule has 1 aromatic carbocycles. The Balaban J connectivity index is 2.95. The van der Waals surface area contributed by atoms with E-state index in [0.717, 1.165) is 12.5 Å². The van der Waals surface area contributed by atoms with Crippen LogP contribution in [-0.4, -0.2) is 16.8 Å². The molecule has 0 aliphatic heterocycles. The third-order valence-electron chi connectivity index (χ3n) is 1.84. The van der Waals surface area contributed by atoms with Crippen molar-refractivity contribution in [3.05, 3.63) is 41.2 Å². The molecule has 0 aliphatic rings. The van der Waals surface area contributed by atoms with Crippen LogP contribution < -0.4 is 0 Å². The molecule has 1 rings (SSSR count).